The number of ether oxygens (including phenoxy) is 2. The number of halogens is 1. The van der Waals surface area contributed by atoms with Crippen LogP contribution in [0.1, 0.15) is 66.1 Å². The van der Waals surface area contributed by atoms with Gasteiger partial charge in [-0.25, -0.2) is 14.2 Å². The number of pyridine rings is 2. The molecule has 4 N–H and O–H groups in total. The number of aryl methyl sites for hydroxylation is 1. The molecule has 1 aliphatic carbocycles. The molecule has 3 aromatic rings. The third-order valence-electron chi connectivity index (χ3n) is 8.65. The number of hydrogen-bond acceptors (Lipinski definition) is 8. The summed E-state index contributed by atoms with van der Waals surface area (Å²) >= 11 is 0. The molecule has 10 nitrogen and oxygen atoms in total. The van der Waals surface area contributed by atoms with Crippen LogP contribution in [0.3, 0.4) is 0 Å². The zero-order chi connectivity index (χ0) is 28.7. The van der Waals surface area contributed by atoms with E-state index in [-0.39, 0.29) is 43.1 Å². The Morgan fingerprint density at radius 3 is 2.80 bits per heavy atom. The number of benzene rings is 1. The quantitative estimate of drug-likeness (QED) is 0.320. The number of cyclic esters (lactones) is 1. The Morgan fingerprint density at radius 1 is 1.35 bits per heavy atom. The first-order valence-electron chi connectivity index (χ1n) is 13.3. The van der Waals surface area contributed by atoms with Crippen molar-refractivity contribution in [3.05, 3.63) is 61.7 Å². The van der Waals surface area contributed by atoms with Gasteiger partial charge in [-0.2, -0.15) is 0 Å². The van der Waals surface area contributed by atoms with Gasteiger partial charge in [0.2, 0.25) is 5.91 Å². The van der Waals surface area contributed by atoms with E-state index in [4.69, 9.17) is 20.2 Å². The van der Waals surface area contributed by atoms with Gasteiger partial charge in [0.05, 0.1) is 41.7 Å². The lowest BCUT2D eigenvalue weighted by Gasteiger charge is -2.32. The number of nitrogens with two attached hydrogens (primary N) is 1. The van der Waals surface area contributed by atoms with E-state index in [2.05, 4.69) is 5.32 Å². The number of nitrogens with zero attached hydrogens (tertiary/aromatic N) is 2. The maximum atomic E-state index is 15.0. The maximum Gasteiger partial charge on any atom is 0.343 e. The summed E-state index contributed by atoms with van der Waals surface area (Å²) in [5, 5.41) is 15.0. The number of aromatic nitrogens is 2. The van der Waals surface area contributed by atoms with Gasteiger partial charge in [-0.1, -0.05) is 6.92 Å². The summed E-state index contributed by atoms with van der Waals surface area (Å²) in [7, 11) is 1.47. The van der Waals surface area contributed by atoms with Crippen molar-refractivity contribution in [1.82, 2.24) is 14.9 Å². The molecule has 0 saturated carbocycles. The van der Waals surface area contributed by atoms with Crippen LogP contribution in [0.25, 0.3) is 22.3 Å². The normalized spacial score (nSPS) is 22.3. The van der Waals surface area contributed by atoms with Crippen molar-refractivity contribution in [2.75, 3.05) is 13.7 Å². The van der Waals surface area contributed by atoms with E-state index < -0.39 is 34.6 Å². The standard InChI is InChI=1S/C29H31FN4O6/c1-5-29(38)17-8-21-24-15(10-34(21)25(35)16(17)11-40-27(29)37)23-19(33-26(36)28(3,31)12-39-4)7-6-14-13(2)18(30)9-20(32-24)22(14)23/h8-9,19,38H,5-7,10-12,31H2,1-4H3,(H,33,36)/t19-,28?,29-/m0/s1. The number of rotatable bonds is 5. The SMILES string of the molecule is CC[C@@]1(O)C(=O)OCc2c1cc1n(c2=O)Cc2c-1nc1cc(F)c(C)c3c1c2[C@@H](NC(=O)C(C)(N)COC)CC3. The molecule has 210 valence electrons. The van der Waals surface area contributed by atoms with Crippen LogP contribution < -0.4 is 16.6 Å². The number of carbonyl (C=O) groups is 2. The number of hydrogen-bond donors (Lipinski definition) is 3. The Morgan fingerprint density at radius 2 is 2.10 bits per heavy atom. The smallest absolute Gasteiger partial charge is 0.343 e. The number of esters is 1. The Balaban J connectivity index is 1.60. The molecule has 2 aromatic heterocycles. The van der Waals surface area contributed by atoms with Crippen LogP contribution in [0.5, 0.6) is 0 Å². The predicted octanol–water partition coefficient (Wildman–Crippen LogP) is 1.99. The minimum atomic E-state index is -1.96. The average Bonchev–Trinajstić information content (AvgIpc) is 3.28. The molecule has 0 fully saturated rings. The second-order valence-corrected chi connectivity index (χ2v) is 11.2. The largest absolute Gasteiger partial charge is 0.458 e. The highest BCUT2D eigenvalue weighted by Crippen LogP contribution is 2.46. The molecule has 1 amide bonds. The van der Waals surface area contributed by atoms with Gasteiger partial charge in [0.1, 0.15) is 18.0 Å². The van der Waals surface area contributed by atoms with Gasteiger partial charge in [0.25, 0.3) is 5.56 Å². The zero-order valence-corrected chi connectivity index (χ0v) is 22.8. The van der Waals surface area contributed by atoms with Crippen molar-refractivity contribution >= 4 is 22.8 Å². The van der Waals surface area contributed by atoms with Crippen LogP contribution in [0, 0.1) is 12.7 Å². The minimum absolute atomic E-state index is 0.0177. The Hall–Kier alpha value is -3.67. The summed E-state index contributed by atoms with van der Waals surface area (Å²) in [4.78, 5) is 44.3. The van der Waals surface area contributed by atoms with Gasteiger partial charge in [0.15, 0.2) is 5.60 Å². The molecule has 40 heavy (non-hydrogen) atoms. The lowest BCUT2D eigenvalue weighted by molar-refractivity contribution is -0.172. The van der Waals surface area contributed by atoms with E-state index >= 15 is 4.39 Å². The molecule has 0 saturated heterocycles. The Kier molecular flexibility index (Phi) is 5.92. The second-order valence-electron chi connectivity index (χ2n) is 11.2. The van der Waals surface area contributed by atoms with Crippen LogP contribution in [0.2, 0.25) is 0 Å². The van der Waals surface area contributed by atoms with E-state index in [0.717, 1.165) is 22.1 Å². The molecule has 4 heterocycles. The van der Waals surface area contributed by atoms with Crippen LogP contribution in [0.4, 0.5) is 4.39 Å². The van der Waals surface area contributed by atoms with E-state index in [1.165, 1.54) is 17.7 Å². The molecule has 0 radical (unpaired) electrons. The lowest BCUT2D eigenvalue weighted by atomic mass is 9.81. The van der Waals surface area contributed by atoms with E-state index in [9.17, 15) is 19.5 Å². The summed E-state index contributed by atoms with van der Waals surface area (Å²) in [5.41, 5.74) is 7.12. The average molecular weight is 551 g/mol. The Bertz CT molecular complexity index is 1700. The summed E-state index contributed by atoms with van der Waals surface area (Å²) < 4.78 is 26.9. The molecule has 6 rings (SSSR count). The number of fused-ring (bicyclic) bond motifs is 5. The number of amides is 1. The zero-order valence-electron chi connectivity index (χ0n) is 22.8. The van der Waals surface area contributed by atoms with Gasteiger partial charge in [-0.05, 0) is 55.9 Å². The fourth-order valence-corrected chi connectivity index (χ4v) is 6.39. The molecule has 3 atom stereocenters. The first-order valence-corrected chi connectivity index (χ1v) is 13.3. The van der Waals surface area contributed by atoms with Crippen molar-refractivity contribution in [2.45, 2.75) is 70.4 Å². The van der Waals surface area contributed by atoms with Crippen LogP contribution in [0.15, 0.2) is 16.9 Å². The number of carbonyl (C=O) groups excluding carboxylic acids is 2. The van der Waals surface area contributed by atoms with Crippen LogP contribution in [-0.2, 0) is 44.2 Å². The number of aliphatic hydroxyl groups is 1. The molecule has 0 spiro atoms. The topological polar surface area (TPSA) is 146 Å². The molecule has 1 aromatic carbocycles. The predicted molar refractivity (Wildman–Crippen MR) is 143 cm³/mol. The highest BCUT2D eigenvalue weighted by Gasteiger charge is 2.46. The third-order valence-corrected chi connectivity index (χ3v) is 8.65. The van der Waals surface area contributed by atoms with Gasteiger partial charge in [0, 0.05) is 29.7 Å². The maximum absolute atomic E-state index is 15.0. The summed E-state index contributed by atoms with van der Waals surface area (Å²) in [6.45, 7) is 4.89. The summed E-state index contributed by atoms with van der Waals surface area (Å²) in [5.74, 6) is -1.59. The summed E-state index contributed by atoms with van der Waals surface area (Å²) in [6, 6.07) is 2.52. The van der Waals surface area contributed by atoms with Crippen LogP contribution >= 0.6 is 0 Å². The molecule has 2 aliphatic heterocycles. The van der Waals surface area contributed by atoms with Crippen molar-refractivity contribution in [3.63, 3.8) is 0 Å². The monoisotopic (exact) mass is 550 g/mol. The van der Waals surface area contributed by atoms with Gasteiger partial charge in [-0.15, -0.1) is 0 Å². The van der Waals surface area contributed by atoms with Crippen LogP contribution in [-0.4, -0.2) is 45.8 Å². The lowest BCUT2D eigenvalue weighted by Crippen LogP contribution is -2.55. The highest BCUT2D eigenvalue weighted by atomic mass is 19.1. The second kappa shape index (κ2) is 8.92. The molecule has 11 heteroatoms. The fraction of sp³-hybridized carbons (Fsp3) is 0.448. The number of nitrogens with one attached hydrogen (secondary N) is 1. The van der Waals surface area contributed by atoms with Crippen molar-refractivity contribution in [1.29, 1.82) is 0 Å². The molecule has 1 unspecified atom stereocenters. The minimum Gasteiger partial charge on any atom is -0.458 e. The Labute approximate surface area is 229 Å². The molecular formula is C29H31FN4O6. The van der Waals surface area contributed by atoms with Crippen molar-refractivity contribution in [3.8, 4) is 11.4 Å². The summed E-state index contributed by atoms with van der Waals surface area (Å²) in [6.07, 6.45) is 1.04. The van der Waals surface area contributed by atoms with E-state index in [1.54, 1.807) is 26.8 Å². The van der Waals surface area contributed by atoms with Crippen molar-refractivity contribution < 1.29 is 28.6 Å². The van der Waals surface area contributed by atoms with Gasteiger partial charge >= 0.3 is 5.97 Å². The van der Waals surface area contributed by atoms with Gasteiger partial charge in [-0.3, -0.25) is 9.59 Å². The van der Waals surface area contributed by atoms with Crippen molar-refractivity contribution in [2.24, 2.45) is 5.73 Å². The molecule has 0 bridgehead atoms. The molecule has 3 aliphatic rings. The van der Waals surface area contributed by atoms with Gasteiger partial charge < -0.3 is 30.2 Å². The fourth-order valence-electron chi connectivity index (χ4n) is 6.39. The number of methoxy groups -OCH3 is 1. The first kappa shape index (κ1) is 26.5. The van der Waals surface area contributed by atoms with E-state index in [0.29, 0.717) is 35.3 Å². The third kappa shape index (κ3) is 3.57. The highest BCUT2D eigenvalue weighted by molar-refractivity contribution is 5.94. The van der Waals surface area contributed by atoms with E-state index in [1.807, 2.05) is 0 Å². The first-order chi connectivity index (χ1) is 18.9. The molecular weight excluding hydrogens is 519 g/mol.